The van der Waals surface area contributed by atoms with Gasteiger partial charge in [0, 0.05) is 50.1 Å². The monoisotopic (exact) mass is 380 g/mol. The molecule has 148 valence electrons. The standard InChI is InChI=1S/C22H28N4O2/c27-19-9-14-25(15-20-23-11-12-24-20)16-22(19)10-4-13-26(17-22)21(28)8-7-18-5-2-1-3-6-18/h1-3,5-8,11-12,19,27H,4,9-10,13-17H2,(H,23,24)/t19-,22-/m1/s1. The second-order valence-corrected chi connectivity index (χ2v) is 8.02. The molecule has 4 rings (SSSR count). The fourth-order valence-electron chi connectivity index (χ4n) is 4.56. The summed E-state index contributed by atoms with van der Waals surface area (Å²) in [5.74, 6) is 0.972. The number of aromatic amines is 1. The number of carbonyl (C=O) groups is 1. The molecule has 1 aromatic carbocycles. The Morgan fingerprint density at radius 3 is 2.93 bits per heavy atom. The summed E-state index contributed by atoms with van der Waals surface area (Å²) in [6.45, 7) is 3.77. The minimum Gasteiger partial charge on any atom is -0.392 e. The number of nitrogens with zero attached hydrogens (tertiary/aromatic N) is 3. The fourth-order valence-corrected chi connectivity index (χ4v) is 4.56. The van der Waals surface area contributed by atoms with Gasteiger partial charge in [0.1, 0.15) is 5.82 Å². The van der Waals surface area contributed by atoms with E-state index in [9.17, 15) is 9.90 Å². The molecular weight excluding hydrogens is 352 g/mol. The SMILES string of the molecule is O=C(C=Cc1ccccc1)N1CCC[C@@]2(CN(Cc3ncc[nH]3)CC[C@H]2O)C1. The first kappa shape index (κ1) is 18.9. The molecule has 0 unspecified atom stereocenters. The van der Waals surface area contributed by atoms with Gasteiger partial charge < -0.3 is 15.0 Å². The van der Waals surface area contributed by atoms with E-state index in [0.29, 0.717) is 6.54 Å². The zero-order valence-corrected chi connectivity index (χ0v) is 16.1. The third kappa shape index (κ3) is 4.18. The van der Waals surface area contributed by atoms with E-state index in [1.807, 2.05) is 47.5 Å². The first-order chi connectivity index (χ1) is 13.6. The molecule has 2 atom stereocenters. The molecule has 2 aliphatic rings. The lowest BCUT2D eigenvalue weighted by molar-refractivity contribution is -0.136. The van der Waals surface area contributed by atoms with Crippen LogP contribution in [-0.4, -0.2) is 63.1 Å². The Labute approximate surface area is 165 Å². The molecule has 3 heterocycles. The Morgan fingerprint density at radius 2 is 2.14 bits per heavy atom. The molecule has 0 saturated carbocycles. The number of hydrogen-bond donors (Lipinski definition) is 2. The summed E-state index contributed by atoms with van der Waals surface area (Å²) in [4.78, 5) is 24.5. The van der Waals surface area contributed by atoms with E-state index >= 15 is 0 Å². The van der Waals surface area contributed by atoms with Crippen LogP contribution in [0.4, 0.5) is 0 Å². The molecule has 6 heteroatoms. The number of aliphatic hydroxyl groups excluding tert-OH is 1. The zero-order valence-electron chi connectivity index (χ0n) is 16.1. The van der Waals surface area contributed by atoms with E-state index in [2.05, 4.69) is 14.9 Å². The number of rotatable bonds is 4. The van der Waals surface area contributed by atoms with Gasteiger partial charge in [-0.2, -0.15) is 0 Å². The number of likely N-dealkylation sites (tertiary alicyclic amines) is 2. The zero-order chi connectivity index (χ0) is 19.4. The van der Waals surface area contributed by atoms with Crippen LogP contribution in [0.2, 0.25) is 0 Å². The van der Waals surface area contributed by atoms with Crippen molar-refractivity contribution in [2.24, 2.45) is 5.41 Å². The highest BCUT2D eigenvalue weighted by Gasteiger charge is 2.46. The third-order valence-corrected chi connectivity index (χ3v) is 6.03. The van der Waals surface area contributed by atoms with Gasteiger partial charge in [-0.15, -0.1) is 0 Å². The van der Waals surface area contributed by atoms with E-state index in [0.717, 1.165) is 56.8 Å². The molecule has 28 heavy (non-hydrogen) atoms. The topological polar surface area (TPSA) is 72.5 Å². The van der Waals surface area contributed by atoms with Crippen LogP contribution in [0.25, 0.3) is 6.08 Å². The van der Waals surface area contributed by atoms with Crippen molar-refractivity contribution in [3.8, 4) is 0 Å². The molecule has 0 aliphatic carbocycles. The van der Waals surface area contributed by atoms with E-state index in [1.54, 1.807) is 12.3 Å². The summed E-state index contributed by atoms with van der Waals surface area (Å²) in [6.07, 6.45) is 9.38. The van der Waals surface area contributed by atoms with Crippen molar-refractivity contribution in [3.05, 3.63) is 60.2 Å². The highest BCUT2D eigenvalue weighted by Crippen LogP contribution is 2.39. The number of nitrogens with one attached hydrogen (secondary N) is 1. The first-order valence-electron chi connectivity index (χ1n) is 10.1. The van der Waals surface area contributed by atoms with Gasteiger partial charge in [0.25, 0.3) is 0 Å². The van der Waals surface area contributed by atoms with E-state index < -0.39 is 0 Å². The summed E-state index contributed by atoms with van der Waals surface area (Å²) < 4.78 is 0. The van der Waals surface area contributed by atoms with Gasteiger partial charge in [-0.3, -0.25) is 9.69 Å². The average Bonchev–Trinajstić information content (AvgIpc) is 3.23. The van der Waals surface area contributed by atoms with Crippen LogP contribution in [0.1, 0.15) is 30.7 Å². The van der Waals surface area contributed by atoms with E-state index in [4.69, 9.17) is 0 Å². The normalized spacial score (nSPS) is 26.2. The number of aliphatic hydroxyl groups is 1. The van der Waals surface area contributed by atoms with Crippen LogP contribution >= 0.6 is 0 Å². The molecule has 2 aromatic rings. The Balaban J connectivity index is 1.43. The van der Waals surface area contributed by atoms with Gasteiger partial charge in [0.15, 0.2) is 0 Å². The Morgan fingerprint density at radius 1 is 1.29 bits per heavy atom. The van der Waals surface area contributed by atoms with Crippen LogP contribution in [-0.2, 0) is 11.3 Å². The highest BCUT2D eigenvalue weighted by atomic mass is 16.3. The quantitative estimate of drug-likeness (QED) is 0.799. The van der Waals surface area contributed by atoms with Crippen molar-refractivity contribution < 1.29 is 9.90 Å². The van der Waals surface area contributed by atoms with Crippen molar-refractivity contribution in [2.45, 2.75) is 31.9 Å². The van der Waals surface area contributed by atoms with Crippen LogP contribution in [0, 0.1) is 5.41 Å². The summed E-state index contributed by atoms with van der Waals surface area (Å²) >= 11 is 0. The number of amides is 1. The van der Waals surface area contributed by atoms with Gasteiger partial charge in [0.05, 0.1) is 12.6 Å². The minimum atomic E-state index is -0.367. The van der Waals surface area contributed by atoms with Crippen molar-refractivity contribution in [1.82, 2.24) is 19.8 Å². The Bertz CT molecular complexity index is 805. The lowest BCUT2D eigenvalue weighted by Crippen LogP contribution is -2.59. The van der Waals surface area contributed by atoms with Gasteiger partial charge in [-0.1, -0.05) is 30.3 Å². The lowest BCUT2D eigenvalue weighted by atomic mass is 9.71. The first-order valence-corrected chi connectivity index (χ1v) is 10.1. The second-order valence-electron chi connectivity index (χ2n) is 8.02. The number of H-pyrrole nitrogens is 1. The highest BCUT2D eigenvalue weighted by molar-refractivity contribution is 5.91. The largest absolute Gasteiger partial charge is 0.392 e. The maximum atomic E-state index is 12.8. The molecule has 0 radical (unpaired) electrons. The average molecular weight is 380 g/mol. The van der Waals surface area contributed by atoms with Gasteiger partial charge >= 0.3 is 0 Å². The lowest BCUT2D eigenvalue weighted by Gasteiger charge is -2.50. The second kappa shape index (κ2) is 8.29. The molecule has 6 nitrogen and oxygen atoms in total. The molecule has 2 aliphatic heterocycles. The maximum Gasteiger partial charge on any atom is 0.246 e. The number of carbonyl (C=O) groups excluding carboxylic acids is 1. The molecule has 1 spiro atoms. The Kier molecular flexibility index (Phi) is 5.59. The number of benzene rings is 1. The van der Waals surface area contributed by atoms with Crippen LogP contribution < -0.4 is 0 Å². The third-order valence-electron chi connectivity index (χ3n) is 6.03. The van der Waals surface area contributed by atoms with Gasteiger partial charge in [0.2, 0.25) is 5.91 Å². The Hall–Kier alpha value is -2.44. The van der Waals surface area contributed by atoms with Crippen LogP contribution in [0.3, 0.4) is 0 Å². The van der Waals surface area contributed by atoms with Crippen molar-refractivity contribution in [3.63, 3.8) is 0 Å². The molecule has 2 fully saturated rings. The number of imidazole rings is 1. The van der Waals surface area contributed by atoms with E-state index in [-0.39, 0.29) is 17.4 Å². The summed E-state index contributed by atoms with van der Waals surface area (Å²) in [5, 5.41) is 10.8. The summed E-state index contributed by atoms with van der Waals surface area (Å²) in [6, 6.07) is 9.86. The van der Waals surface area contributed by atoms with Gasteiger partial charge in [-0.05, 0) is 30.9 Å². The van der Waals surface area contributed by atoms with Crippen LogP contribution in [0.5, 0.6) is 0 Å². The number of hydrogen-bond acceptors (Lipinski definition) is 4. The van der Waals surface area contributed by atoms with Gasteiger partial charge in [-0.25, -0.2) is 4.98 Å². The van der Waals surface area contributed by atoms with Crippen molar-refractivity contribution >= 4 is 12.0 Å². The predicted molar refractivity (Wildman–Crippen MR) is 108 cm³/mol. The number of aromatic nitrogens is 2. The van der Waals surface area contributed by atoms with E-state index in [1.165, 1.54) is 0 Å². The summed E-state index contributed by atoms with van der Waals surface area (Å²) in [7, 11) is 0. The molecule has 1 amide bonds. The van der Waals surface area contributed by atoms with Crippen molar-refractivity contribution in [2.75, 3.05) is 26.2 Å². The van der Waals surface area contributed by atoms with Crippen molar-refractivity contribution in [1.29, 1.82) is 0 Å². The fraction of sp³-hybridized carbons (Fsp3) is 0.455. The smallest absolute Gasteiger partial charge is 0.246 e. The molecule has 1 aromatic heterocycles. The minimum absolute atomic E-state index is 0.0262. The number of piperidine rings is 2. The summed E-state index contributed by atoms with van der Waals surface area (Å²) in [5.41, 5.74) is 0.768. The van der Waals surface area contributed by atoms with Crippen LogP contribution in [0.15, 0.2) is 48.8 Å². The molecule has 2 saturated heterocycles. The predicted octanol–water partition coefficient (Wildman–Crippen LogP) is 2.30. The molecule has 2 N–H and O–H groups in total. The molecule has 0 bridgehead atoms. The maximum absolute atomic E-state index is 12.8. The molecular formula is C22H28N4O2.